The number of ether oxygens (including phenoxy) is 2. The van der Waals surface area contributed by atoms with E-state index in [9.17, 15) is 18.0 Å². The Kier molecular flexibility index (Phi) is 6.76. The number of aromatic nitrogens is 2. The molecule has 0 unspecified atom stereocenters. The zero-order chi connectivity index (χ0) is 25.3. The largest absolute Gasteiger partial charge is 0.486 e. The summed E-state index contributed by atoms with van der Waals surface area (Å²) in [6.07, 6.45) is 1.77. The van der Waals surface area contributed by atoms with Gasteiger partial charge in [-0.3, -0.25) is 0 Å². The number of amides is 2. The number of benzene rings is 2. The maximum absolute atomic E-state index is 13.9. The number of urea groups is 1. The summed E-state index contributed by atoms with van der Waals surface area (Å²) in [5, 5.41) is 6.27. The highest BCUT2D eigenvalue weighted by Gasteiger charge is 2.37. The van der Waals surface area contributed by atoms with Crippen LogP contribution in [0.5, 0.6) is 5.75 Å². The van der Waals surface area contributed by atoms with Crippen LogP contribution in [0.25, 0.3) is 10.9 Å². The third-order valence-corrected chi connectivity index (χ3v) is 6.31. The van der Waals surface area contributed by atoms with Gasteiger partial charge in [-0.25, -0.2) is 27.9 Å². The highest BCUT2D eigenvalue weighted by atomic mass is 35.5. The van der Waals surface area contributed by atoms with Gasteiger partial charge in [0.25, 0.3) is 5.92 Å². The zero-order valence-electron chi connectivity index (χ0n) is 19.1. The average molecular weight is 522 g/mol. The number of anilines is 3. The first-order valence-corrected chi connectivity index (χ1v) is 11.8. The Balaban J connectivity index is 1.49. The Hall–Kier alpha value is -3.31. The van der Waals surface area contributed by atoms with Gasteiger partial charge in [0.15, 0.2) is 0 Å². The summed E-state index contributed by atoms with van der Waals surface area (Å²) >= 11 is 5.90. The lowest BCUT2D eigenvalue weighted by molar-refractivity contribution is -0.0510. The first-order chi connectivity index (χ1) is 17.3. The molecule has 3 aromatic rings. The lowest BCUT2D eigenvalue weighted by Crippen LogP contribution is -2.47. The number of fused-ring (bicyclic) bond motifs is 1. The number of carbonyl (C=O) groups is 1. The van der Waals surface area contributed by atoms with E-state index < -0.39 is 24.3 Å². The normalized spacial score (nSPS) is 19.3. The number of halogens is 4. The summed E-state index contributed by atoms with van der Waals surface area (Å²) < 4.78 is 52.9. The first kappa shape index (κ1) is 24.4. The molecule has 2 aliphatic heterocycles. The lowest BCUT2D eigenvalue weighted by Gasteiger charge is -2.32. The van der Waals surface area contributed by atoms with Gasteiger partial charge in [0.1, 0.15) is 29.8 Å². The smallest absolute Gasteiger partial charge is 0.322 e. The molecule has 1 atom stereocenters. The molecule has 2 N–H and O–H groups in total. The molecule has 3 heterocycles. The lowest BCUT2D eigenvalue weighted by atomic mass is 10.1. The van der Waals surface area contributed by atoms with E-state index in [-0.39, 0.29) is 36.2 Å². The molecule has 0 spiro atoms. The second-order valence-electron chi connectivity index (χ2n) is 8.76. The van der Waals surface area contributed by atoms with E-state index in [1.54, 1.807) is 12.1 Å². The molecule has 0 bridgehead atoms. The highest BCUT2D eigenvalue weighted by molar-refractivity contribution is 6.31. The van der Waals surface area contributed by atoms with Gasteiger partial charge in [-0.05, 0) is 30.7 Å². The minimum absolute atomic E-state index is 0.0564. The predicted octanol–water partition coefficient (Wildman–Crippen LogP) is 5.60. The van der Waals surface area contributed by atoms with Gasteiger partial charge in [-0.15, -0.1) is 0 Å². The summed E-state index contributed by atoms with van der Waals surface area (Å²) in [6, 6.07) is 6.77. The third-order valence-electron chi connectivity index (χ3n) is 6.02. The minimum atomic E-state index is -2.93. The molecule has 2 aromatic carbocycles. The maximum atomic E-state index is 13.9. The monoisotopic (exact) mass is 521 g/mol. The van der Waals surface area contributed by atoms with Crippen LogP contribution in [0, 0.1) is 5.82 Å². The van der Waals surface area contributed by atoms with Crippen LogP contribution in [0.3, 0.4) is 0 Å². The first-order valence-electron chi connectivity index (χ1n) is 11.5. The van der Waals surface area contributed by atoms with Gasteiger partial charge in [-0.2, -0.15) is 0 Å². The van der Waals surface area contributed by atoms with Gasteiger partial charge in [0.05, 0.1) is 36.0 Å². The molecule has 190 valence electrons. The molecule has 5 rings (SSSR count). The number of nitrogens with one attached hydrogen (secondary N) is 2. The number of nitrogens with zero attached hydrogens (tertiary/aromatic N) is 3. The fourth-order valence-corrected chi connectivity index (χ4v) is 4.39. The van der Waals surface area contributed by atoms with Crippen LogP contribution in [-0.4, -0.2) is 59.2 Å². The fourth-order valence-electron chi connectivity index (χ4n) is 4.21. The molecular weight excluding hydrogens is 499 g/mol. The second kappa shape index (κ2) is 9.98. The van der Waals surface area contributed by atoms with Gasteiger partial charge in [-0.1, -0.05) is 11.6 Å². The Morgan fingerprint density at radius 1 is 1.25 bits per heavy atom. The van der Waals surface area contributed by atoms with Gasteiger partial charge in [0, 0.05) is 36.5 Å². The topological polar surface area (TPSA) is 88.6 Å². The van der Waals surface area contributed by atoms with Crippen LogP contribution in [0.2, 0.25) is 5.02 Å². The van der Waals surface area contributed by atoms with Crippen molar-refractivity contribution in [2.24, 2.45) is 0 Å². The molecule has 2 fully saturated rings. The Morgan fingerprint density at radius 3 is 2.86 bits per heavy atom. The number of rotatable bonds is 5. The Labute approximate surface area is 209 Å². The minimum Gasteiger partial charge on any atom is -0.486 e. The van der Waals surface area contributed by atoms with Crippen LogP contribution in [0.15, 0.2) is 36.7 Å². The van der Waals surface area contributed by atoms with Crippen molar-refractivity contribution in [3.8, 4) is 5.75 Å². The molecule has 12 heteroatoms. The standard InChI is InChI=1S/C24H23ClF3N5O3/c25-17-8-14(2-3-18(17)26)31-22-16-9-20(32-23(34)33-6-1-5-24(27,28)12-33)21(10-19(16)29-13-30-22)36-15-4-7-35-11-15/h2-3,8-10,13,15H,1,4-7,11-12H2,(H,32,34)(H,29,30,31)/t15-/m0/s1. The van der Waals surface area contributed by atoms with E-state index >= 15 is 0 Å². The van der Waals surface area contributed by atoms with Crippen molar-refractivity contribution in [1.82, 2.24) is 14.9 Å². The van der Waals surface area contributed by atoms with Crippen molar-refractivity contribution >= 4 is 45.7 Å². The zero-order valence-corrected chi connectivity index (χ0v) is 19.8. The number of carbonyl (C=O) groups excluding carboxylic acids is 1. The van der Waals surface area contributed by atoms with Crippen molar-refractivity contribution in [3.63, 3.8) is 0 Å². The predicted molar refractivity (Wildman–Crippen MR) is 129 cm³/mol. The Morgan fingerprint density at radius 2 is 2.11 bits per heavy atom. The van der Waals surface area contributed by atoms with Crippen LogP contribution < -0.4 is 15.4 Å². The molecule has 0 aliphatic carbocycles. The number of piperidine rings is 1. The molecule has 36 heavy (non-hydrogen) atoms. The number of likely N-dealkylation sites (tertiary alicyclic amines) is 1. The number of alkyl halides is 2. The summed E-state index contributed by atoms with van der Waals surface area (Å²) in [4.78, 5) is 22.6. The molecule has 8 nitrogen and oxygen atoms in total. The molecule has 0 saturated carbocycles. The third kappa shape index (κ3) is 5.41. The van der Waals surface area contributed by atoms with E-state index in [2.05, 4.69) is 20.6 Å². The van der Waals surface area contributed by atoms with Gasteiger partial charge < -0.3 is 25.0 Å². The summed E-state index contributed by atoms with van der Waals surface area (Å²) in [7, 11) is 0. The van der Waals surface area contributed by atoms with Gasteiger partial charge in [0.2, 0.25) is 0 Å². The molecule has 2 amide bonds. The fraction of sp³-hybridized carbons (Fsp3) is 0.375. The van der Waals surface area contributed by atoms with Crippen LogP contribution in [-0.2, 0) is 4.74 Å². The van der Waals surface area contributed by atoms with Crippen molar-refractivity contribution < 1.29 is 27.4 Å². The summed E-state index contributed by atoms with van der Waals surface area (Å²) in [6.45, 7) is 0.522. The molecule has 1 aromatic heterocycles. The molecule has 2 saturated heterocycles. The van der Waals surface area contributed by atoms with Crippen molar-refractivity contribution in [3.05, 3.63) is 47.5 Å². The average Bonchev–Trinajstić information content (AvgIpc) is 3.35. The summed E-state index contributed by atoms with van der Waals surface area (Å²) in [5.41, 5.74) is 1.28. The SMILES string of the molecule is O=C(Nc1cc2c(Nc3ccc(F)c(Cl)c3)ncnc2cc1O[C@H]1CCOC1)N1CCCC(F)(F)C1. The van der Waals surface area contributed by atoms with Gasteiger partial charge >= 0.3 is 6.03 Å². The maximum Gasteiger partial charge on any atom is 0.322 e. The van der Waals surface area contributed by atoms with E-state index in [0.717, 1.165) is 4.90 Å². The molecule has 0 radical (unpaired) electrons. The molecule has 2 aliphatic rings. The van der Waals surface area contributed by atoms with Crippen molar-refractivity contribution in [2.75, 3.05) is 36.9 Å². The quantitative estimate of drug-likeness (QED) is 0.454. The second-order valence-corrected chi connectivity index (χ2v) is 9.16. The highest BCUT2D eigenvalue weighted by Crippen LogP contribution is 2.36. The number of hydrogen-bond acceptors (Lipinski definition) is 6. The van der Waals surface area contributed by atoms with Crippen molar-refractivity contribution in [1.29, 1.82) is 0 Å². The number of hydrogen-bond donors (Lipinski definition) is 2. The molecular formula is C24H23ClF3N5O3. The van der Waals surface area contributed by atoms with E-state index in [1.807, 2.05) is 0 Å². The van der Waals surface area contributed by atoms with Crippen LogP contribution in [0.4, 0.5) is 35.2 Å². The van der Waals surface area contributed by atoms with Crippen LogP contribution in [0.1, 0.15) is 19.3 Å². The summed E-state index contributed by atoms with van der Waals surface area (Å²) in [5.74, 6) is -2.77. The van der Waals surface area contributed by atoms with E-state index in [1.165, 1.54) is 24.5 Å². The van der Waals surface area contributed by atoms with Crippen molar-refractivity contribution in [2.45, 2.75) is 31.3 Å². The van der Waals surface area contributed by atoms with E-state index in [4.69, 9.17) is 21.1 Å². The van der Waals surface area contributed by atoms with Crippen LogP contribution >= 0.6 is 11.6 Å². The Bertz CT molecular complexity index is 1290. The van der Waals surface area contributed by atoms with E-state index in [0.29, 0.717) is 47.8 Å².